The fraction of sp³-hybridized carbons (Fsp3) is 0.594. The lowest BCUT2D eigenvalue weighted by molar-refractivity contribution is -0.117. The van der Waals surface area contributed by atoms with E-state index >= 15 is 4.39 Å². The number of nitrogens with one attached hydrogen (secondary N) is 2. The van der Waals surface area contributed by atoms with Gasteiger partial charge in [-0.15, -0.1) is 0 Å². The molecular formula is C32H43ClFN3O4S. The highest BCUT2D eigenvalue weighted by Gasteiger charge is 2.38. The Bertz CT molecular complexity index is 1320. The van der Waals surface area contributed by atoms with Gasteiger partial charge in [0.25, 0.3) is 0 Å². The van der Waals surface area contributed by atoms with Gasteiger partial charge in [-0.25, -0.2) is 12.8 Å². The van der Waals surface area contributed by atoms with Crippen LogP contribution in [0.15, 0.2) is 42.5 Å². The molecule has 2 bridgehead atoms. The van der Waals surface area contributed by atoms with E-state index < -0.39 is 15.8 Å². The first kappa shape index (κ1) is 31.4. The Morgan fingerprint density at radius 3 is 2.64 bits per heavy atom. The van der Waals surface area contributed by atoms with Crippen LogP contribution in [0.1, 0.15) is 75.3 Å². The molecule has 5 rings (SSSR count). The molecular weight excluding hydrogens is 577 g/mol. The number of hydrogen-bond donors (Lipinski definition) is 2. The SMILES string of the molecule is CCOC1CCC([C@@H](CC(=O)Nc2cccc(F)c2CC[C@H]2CN[C@@H]3CCCS(=O)(=O)N2C3)c2ccc(Cl)cc2)CC1. The number of piperazine rings is 1. The molecule has 2 aromatic rings. The predicted molar refractivity (Wildman–Crippen MR) is 165 cm³/mol. The van der Waals surface area contributed by atoms with Gasteiger partial charge in [-0.2, -0.15) is 4.31 Å². The van der Waals surface area contributed by atoms with Crippen LogP contribution in [-0.2, 0) is 26.0 Å². The van der Waals surface area contributed by atoms with Crippen molar-refractivity contribution in [2.75, 3.05) is 30.8 Å². The van der Waals surface area contributed by atoms with E-state index in [1.165, 1.54) is 6.07 Å². The Kier molecular flexibility index (Phi) is 10.6. The van der Waals surface area contributed by atoms with E-state index in [-0.39, 0.29) is 42.2 Å². The maximum absolute atomic E-state index is 15.2. The number of rotatable bonds is 10. The van der Waals surface area contributed by atoms with E-state index in [1.54, 1.807) is 16.4 Å². The van der Waals surface area contributed by atoms with Crippen molar-refractivity contribution in [3.05, 3.63) is 64.4 Å². The van der Waals surface area contributed by atoms with Gasteiger partial charge in [-0.3, -0.25) is 4.79 Å². The molecule has 4 atom stereocenters. The molecule has 230 valence electrons. The van der Waals surface area contributed by atoms with Crippen LogP contribution >= 0.6 is 11.6 Å². The van der Waals surface area contributed by atoms with Crippen molar-refractivity contribution < 1.29 is 22.3 Å². The van der Waals surface area contributed by atoms with E-state index in [4.69, 9.17) is 16.3 Å². The number of hydrogen-bond acceptors (Lipinski definition) is 5. The van der Waals surface area contributed by atoms with Crippen molar-refractivity contribution in [3.63, 3.8) is 0 Å². The quantitative estimate of drug-likeness (QED) is 0.347. The number of fused-ring (bicyclic) bond motifs is 2. The Morgan fingerprint density at radius 2 is 1.90 bits per heavy atom. The summed E-state index contributed by atoms with van der Waals surface area (Å²) in [4.78, 5) is 13.5. The average Bonchev–Trinajstić information content (AvgIpc) is 3.08. The normalized spacial score (nSPS) is 28.0. The van der Waals surface area contributed by atoms with Crippen LogP contribution in [0.25, 0.3) is 0 Å². The first-order valence-corrected chi connectivity index (χ1v) is 17.4. The number of carbonyl (C=O) groups is 1. The number of ether oxygens (including phenoxy) is 1. The minimum absolute atomic E-state index is 0.0105. The Balaban J connectivity index is 1.28. The first-order chi connectivity index (χ1) is 20.2. The van der Waals surface area contributed by atoms with Crippen LogP contribution in [-0.4, -0.2) is 62.3 Å². The molecule has 1 saturated carbocycles. The van der Waals surface area contributed by atoms with Crippen LogP contribution in [0.4, 0.5) is 10.1 Å². The number of anilines is 1. The topological polar surface area (TPSA) is 87.7 Å². The second-order valence-electron chi connectivity index (χ2n) is 12.0. The van der Waals surface area contributed by atoms with Crippen molar-refractivity contribution >= 4 is 33.2 Å². The molecule has 3 fully saturated rings. The lowest BCUT2D eigenvalue weighted by Gasteiger charge is -2.37. The number of carbonyl (C=O) groups excluding carboxylic acids is 1. The lowest BCUT2D eigenvalue weighted by atomic mass is 9.74. The van der Waals surface area contributed by atoms with Crippen LogP contribution in [0.5, 0.6) is 0 Å². The summed E-state index contributed by atoms with van der Waals surface area (Å²) in [7, 11) is -3.33. The number of sulfonamides is 1. The minimum atomic E-state index is -3.33. The molecule has 7 nitrogen and oxygen atoms in total. The number of benzene rings is 2. The van der Waals surface area contributed by atoms with Crippen LogP contribution in [0.2, 0.25) is 5.02 Å². The highest BCUT2D eigenvalue weighted by molar-refractivity contribution is 7.89. The third-order valence-electron chi connectivity index (χ3n) is 9.28. The first-order valence-electron chi connectivity index (χ1n) is 15.4. The lowest BCUT2D eigenvalue weighted by Crippen LogP contribution is -2.57. The zero-order chi connectivity index (χ0) is 29.7. The maximum atomic E-state index is 15.2. The summed E-state index contributed by atoms with van der Waals surface area (Å²) in [5.41, 5.74) is 1.95. The fourth-order valence-electron chi connectivity index (χ4n) is 7.05. The second-order valence-corrected chi connectivity index (χ2v) is 14.5. The summed E-state index contributed by atoms with van der Waals surface area (Å²) in [5.74, 6) is -0.0528. The van der Waals surface area contributed by atoms with E-state index in [1.807, 2.05) is 31.2 Å². The minimum Gasteiger partial charge on any atom is -0.379 e. The molecule has 0 spiro atoms. The van der Waals surface area contributed by atoms with E-state index in [0.29, 0.717) is 61.2 Å². The molecule has 0 radical (unpaired) electrons. The largest absolute Gasteiger partial charge is 0.379 e. The van der Waals surface area contributed by atoms with Crippen LogP contribution < -0.4 is 10.6 Å². The third-order valence-corrected chi connectivity index (χ3v) is 11.5. The van der Waals surface area contributed by atoms with Gasteiger partial charge in [-0.1, -0.05) is 29.8 Å². The average molecular weight is 620 g/mol. The van der Waals surface area contributed by atoms with Gasteiger partial charge in [-0.05, 0) is 100.0 Å². The predicted octanol–water partition coefficient (Wildman–Crippen LogP) is 5.89. The second kappa shape index (κ2) is 14.2. The van der Waals surface area contributed by atoms with Crippen molar-refractivity contribution in [1.29, 1.82) is 0 Å². The van der Waals surface area contributed by atoms with Gasteiger partial charge in [0.15, 0.2) is 0 Å². The molecule has 10 heteroatoms. The van der Waals surface area contributed by atoms with Gasteiger partial charge in [0, 0.05) is 54.5 Å². The van der Waals surface area contributed by atoms with Gasteiger partial charge in [0.2, 0.25) is 15.9 Å². The molecule has 1 aliphatic carbocycles. The fourth-order valence-corrected chi connectivity index (χ4v) is 8.98. The molecule has 2 heterocycles. The summed E-state index contributed by atoms with van der Waals surface area (Å²) < 4.78 is 48.4. The van der Waals surface area contributed by atoms with E-state index in [0.717, 1.165) is 37.7 Å². The number of halogens is 2. The summed E-state index contributed by atoms with van der Waals surface area (Å²) in [5, 5.41) is 7.14. The molecule has 3 aliphatic rings. The molecule has 1 amide bonds. The summed E-state index contributed by atoms with van der Waals surface area (Å²) in [6.45, 7) is 3.74. The Labute approximate surface area is 254 Å². The standard InChI is InChI=1S/C32H43ClFN3O4S/c1-2-41-27-15-10-23(11-16-27)29(22-8-12-24(33)13-9-22)19-32(38)36-31-7-3-6-30(34)28(31)17-14-26-20-35-25-5-4-18-42(39,40)37(26)21-25/h3,6-9,12-13,23,25-27,29,35H,2,4-5,10-11,14-21H2,1H3,(H,36,38)/t23?,25-,26+,27?,29+/m1/s1. The monoisotopic (exact) mass is 619 g/mol. The molecule has 1 unspecified atom stereocenters. The molecule has 42 heavy (non-hydrogen) atoms. The highest BCUT2D eigenvalue weighted by atomic mass is 35.5. The summed E-state index contributed by atoms with van der Waals surface area (Å²) in [6, 6.07) is 12.4. The Morgan fingerprint density at radius 1 is 1.14 bits per heavy atom. The Hall–Kier alpha value is -2.04. The summed E-state index contributed by atoms with van der Waals surface area (Å²) >= 11 is 6.17. The van der Waals surface area contributed by atoms with E-state index in [2.05, 4.69) is 10.6 Å². The van der Waals surface area contributed by atoms with Crippen molar-refractivity contribution in [3.8, 4) is 0 Å². The van der Waals surface area contributed by atoms with Crippen molar-refractivity contribution in [2.24, 2.45) is 5.92 Å². The number of nitrogens with zero attached hydrogens (tertiary/aromatic N) is 1. The molecule has 2 aliphatic heterocycles. The highest BCUT2D eigenvalue weighted by Crippen LogP contribution is 2.40. The van der Waals surface area contributed by atoms with Crippen molar-refractivity contribution in [1.82, 2.24) is 9.62 Å². The molecule has 2 saturated heterocycles. The summed E-state index contributed by atoms with van der Waals surface area (Å²) in [6.07, 6.45) is 6.75. The zero-order valence-electron chi connectivity index (χ0n) is 24.4. The number of amides is 1. The zero-order valence-corrected chi connectivity index (χ0v) is 25.9. The maximum Gasteiger partial charge on any atom is 0.225 e. The van der Waals surface area contributed by atoms with Gasteiger partial charge < -0.3 is 15.4 Å². The van der Waals surface area contributed by atoms with Crippen LogP contribution in [0.3, 0.4) is 0 Å². The third kappa shape index (κ3) is 7.72. The molecule has 0 aromatic heterocycles. The van der Waals surface area contributed by atoms with Crippen LogP contribution in [0, 0.1) is 11.7 Å². The van der Waals surface area contributed by atoms with Crippen molar-refractivity contribution in [2.45, 2.75) is 88.8 Å². The molecule has 2 N–H and O–H groups in total. The van der Waals surface area contributed by atoms with Gasteiger partial charge in [0.1, 0.15) is 5.82 Å². The van der Waals surface area contributed by atoms with Gasteiger partial charge in [0.05, 0.1) is 11.9 Å². The molecule has 2 aromatic carbocycles. The van der Waals surface area contributed by atoms with E-state index in [9.17, 15) is 13.2 Å². The van der Waals surface area contributed by atoms with Gasteiger partial charge >= 0.3 is 0 Å². The smallest absolute Gasteiger partial charge is 0.225 e.